The minimum Gasteiger partial charge on any atom is -0.489 e. The molecular weight excluding hydrogens is 341 g/mol. The van der Waals surface area contributed by atoms with Crippen molar-refractivity contribution in [2.45, 2.75) is 33.8 Å². The highest BCUT2D eigenvalue weighted by Crippen LogP contribution is 2.11. The lowest BCUT2D eigenvalue weighted by molar-refractivity contribution is 0.240. The van der Waals surface area contributed by atoms with Crippen molar-refractivity contribution in [2.24, 2.45) is 4.99 Å². The molecule has 138 valence electrons. The molecule has 2 aromatic heterocycles. The van der Waals surface area contributed by atoms with E-state index in [9.17, 15) is 4.39 Å². The molecular formula is C22H22FN3O. The Bertz CT molecular complexity index is 1260. The second kappa shape index (κ2) is 6.58. The molecule has 4 rings (SSSR count). The number of aromatic amines is 2. The van der Waals surface area contributed by atoms with E-state index in [1.165, 1.54) is 17.7 Å². The van der Waals surface area contributed by atoms with E-state index in [1.807, 2.05) is 39.0 Å². The van der Waals surface area contributed by atoms with Crippen LogP contribution in [0.4, 0.5) is 4.39 Å². The maximum atomic E-state index is 13.5. The predicted octanol–water partition coefficient (Wildman–Crippen LogP) is 1.94. The zero-order valence-electron chi connectivity index (χ0n) is 15.9. The van der Waals surface area contributed by atoms with Crippen LogP contribution in [0.15, 0.2) is 35.3 Å². The van der Waals surface area contributed by atoms with E-state index in [2.05, 4.69) is 28.0 Å². The first-order valence-corrected chi connectivity index (χ1v) is 9.03. The molecule has 1 aliphatic heterocycles. The third-order valence-electron chi connectivity index (χ3n) is 4.45. The normalized spacial score (nSPS) is 15.7. The van der Waals surface area contributed by atoms with Crippen LogP contribution in [0.25, 0.3) is 17.8 Å². The van der Waals surface area contributed by atoms with E-state index in [1.54, 1.807) is 6.07 Å². The van der Waals surface area contributed by atoms with Crippen molar-refractivity contribution in [3.05, 3.63) is 74.4 Å². The Morgan fingerprint density at radius 1 is 1.11 bits per heavy atom. The summed E-state index contributed by atoms with van der Waals surface area (Å²) >= 11 is 0. The summed E-state index contributed by atoms with van der Waals surface area (Å²) in [6, 6.07) is 8.68. The number of hydrogen-bond acceptors (Lipinski definition) is 2. The minimum atomic E-state index is -0.261. The fourth-order valence-corrected chi connectivity index (χ4v) is 3.28. The van der Waals surface area contributed by atoms with Crippen molar-refractivity contribution in [1.29, 1.82) is 0 Å². The average molecular weight is 363 g/mol. The van der Waals surface area contributed by atoms with Gasteiger partial charge in [-0.05, 0) is 69.7 Å². The summed E-state index contributed by atoms with van der Waals surface area (Å²) in [5.74, 6) is 0.508. The van der Waals surface area contributed by atoms with Gasteiger partial charge in [-0.1, -0.05) is 0 Å². The number of aromatic nitrogens is 2. The van der Waals surface area contributed by atoms with Crippen LogP contribution in [0.1, 0.15) is 30.8 Å². The SMILES string of the molecule is Cc1cc(C)c(C=c2[nH]c(=C3C=c4cc(F)ccc4=N3)cc2OC(C)C)[nH]1. The molecule has 1 aliphatic rings. The molecule has 0 aliphatic carbocycles. The lowest BCUT2D eigenvalue weighted by Crippen LogP contribution is -2.20. The number of fused-ring (bicyclic) bond motifs is 1. The minimum absolute atomic E-state index is 0.0491. The van der Waals surface area contributed by atoms with Gasteiger partial charge in [0.2, 0.25) is 0 Å². The van der Waals surface area contributed by atoms with E-state index >= 15 is 0 Å². The van der Waals surface area contributed by atoms with Crippen LogP contribution in [0.5, 0.6) is 5.75 Å². The van der Waals surface area contributed by atoms with E-state index in [0.717, 1.165) is 44.1 Å². The van der Waals surface area contributed by atoms with Crippen LogP contribution in [-0.2, 0) is 0 Å². The van der Waals surface area contributed by atoms with Gasteiger partial charge in [-0.3, -0.25) is 0 Å². The Morgan fingerprint density at radius 2 is 1.93 bits per heavy atom. The summed E-state index contributed by atoms with van der Waals surface area (Å²) in [6.45, 7) is 8.10. The summed E-state index contributed by atoms with van der Waals surface area (Å²) in [5, 5.41) is 3.28. The van der Waals surface area contributed by atoms with E-state index in [0.29, 0.717) is 0 Å². The lowest BCUT2D eigenvalue weighted by atomic mass is 10.2. The van der Waals surface area contributed by atoms with Gasteiger partial charge < -0.3 is 14.7 Å². The van der Waals surface area contributed by atoms with Crippen LogP contribution in [0.2, 0.25) is 0 Å². The van der Waals surface area contributed by atoms with Gasteiger partial charge in [0.1, 0.15) is 11.6 Å². The van der Waals surface area contributed by atoms with Crippen LogP contribution >= 0.6 is 0 Å². The van der Waals surface area contributed by atoms with Crippen LogP contribution in [0, 0.1) is 19.7 Å². The lowest BCUT2D eigenvalue weighted by Gasteiger charge is -2.06. The summed E-state index contributed by atoms with van der Waals surface area (Å²) in [5.41, 5.74) is 4.09. The number of nitrogens with zero attached hydrogens (tertiary/aromatic N) is 1. The molecule has 0 saturated carbocycles. The van der Waals surface area contributed by atoms with Crippen LogP contribution in [-0.4, -0.2) is 16.1 Å². The molecule has 3 heterocycles. The molecule has 5 heteroatoms. The number of benzene rings is 1. The molecule has 2 N–H and O–H groups in total. The molecule has 0 spiro atoms. The van der Waals surface area contributed by atoms with Gasteiger partial charge in [-0.2, -0.15) is 0 Å². The first-order valence-electron chi connectivity index (χ1n) is 9.03. The van der Waals surface area contributed by atoms with Crippen molar-refractivity contribution < 1.29 is 9.13 Å². The largest absolute Gasteiger partial charge is 0.489 e. The summed E-state index contributed by atoms with van der Waals surface area (Å²) in [4.78, 5) is 11.4. The van der Waals surface area contributed by atoms with Crippen molar-refractivity contribution >= 4 is 17.8 Å². The summed E-state index contributed by atoms with van der Waals surface area (Å²) < 4.78 is 19.5. The maximum absolute atomic E-state index is 13.5. The fraction of sp³-hybridized carbons (Fsp3) is 0.227. The van der Waals surface area contributed by atoms with Gasteiger partial charge in [0.05, 0.1) is 27.9 Å². The first-order chi connectivity index (χ1) is 12.9. The van der Waals surface area contributed by atoms with Crippen molar-refractivity contribution in [2.75, 3.05) is 0 Å². The molecule has 0 saturated heterocycles. The predicted molar refractivity (Wildman–Crippen MR) is 105 cm³/mol. The molecule has 3 aromatic rings. The van der Waals surface area contributed by atoms with Crippen molar-refractivity contribution in [3.8, 4) is 5.75 Å². The number of aryl methyl sites for hydroxylation is 2. The van der Waals surface area contributed by atoms with E-state index < -0.39 is 0 Å². The van der Waals surface area contributed by atoms with Gasteiger partial charge in [-0.25, -0.2) is 9.38 Å². The molecule has 0 fully saturated rings. The highest BCUT2D eigenvalue weighted by atomic mass is 19.1. The zero-order chi connectivity index (χ0) is 19.1. The van der Waals surface area contributed by atoms with E-state index in [-0.39, 0.29) is 11.9 Å². The molecule has 27 heavy (non-hydrogen) atoms. The fourth-order valence-electron chi connectivity index (χ4n) is 3.28. The van der Waals surface area contributed by atoms with Gasteiger partial charge >= 0.3 is 0 Å². The van der Waals surface area contributed by atoms with Crippen molar-refractivity contribution in [3.63, 3.8) is 0 Å². The smallest absolute Gasteiger partial charge is 0.145 e. The first kappa shape index (κ1) is 17.3. The second-order valence-electron chi connectivity index (χ2n) is 7.17. The number of halogens is 1. The maximum Gasteiger partial charge on any atom is 0.145 e. The second-order valence-corrected chi connectivity index (χ2v) is 7.17. The monoisotopic (exact) mass is 363 g/mol. The molecule has 0 radical (unpaired) electrons. The number of ether oxygens (including phenoxy) is 1. The number of rotatable bonds is 3. The van der Waals surface area contributed by atoms with Crippen molar-refractivity contribution in [1.82, 2.24) is 9.97 Å². The topological polar surface area (TPSA) is 53.2 Å². The highest BCUT2D eigenvalue weighted by Gasteiger charge is 2.09. The Hall–Kier alpha value is -3.08. The Morgan fingerprint density at radius 3 is 2.63 bits per heavy atom. The standard InChI is InChI=1S/C22H22FN3O/c1-12(2)27-22-11-20(19-9-15-8-16(23)5-6-17(15)25-19)26-21(22)10-18-13(3)7-14(4)24-18/h5-12,24,26H,1-4H3. The molecule has 0 amide bonds. The third-order valence-corrected chi connectivity index (χ3v) is 4.45. The Balaban J connectivity index is 1.92. The Kier molecular flexibility index (Phi) is 4.22. The zero-order valence-corrected chi connectivity index (χ0v) is 15.9. The van der Waals surface area contributed by atoms with Crippen LogP contribution in [0.3, 0.4) is 0 Å². The average Bonchev–Trinajstić information content (AvgIpc) is 3.25. The van der Waals surface area contributed by atoms with E-state index in [4.69, 9.17) is 4.74 Å². The molecule has 0 unspecified atom stereocenters. The quantitative estimate of drug-likeness (QED) is 0.734. The Labute approximate surface area is 156 Å². The van der Waals surface area contributed by atoms with Gasteiger partial charge in [0.25, 0.3) is 0 Å². The molecule has 0 atom stereocenters. The van der Waals surface area contributed by atoms with Crippen LogP contribution < -0.4 is 26.0 Å². The number of H-pyrrole nitrogens is 2. The highest BCUT2D eigenvalue weighted by molar-refractivity contribution is 5.76. The van der Waals surface area contributed by atoms with Gasteiger partial charge in [-0.15, -0.1) is 0 Å². The number of hydrogen-bond donors (Lipinski definition) is 2. The molecule has 0 bridgehead atoms. The summed E-state index contributed by atoms with van der Waals surface area (Å²) in [6.07, 6.45) is 3.98. The summed E-state index contributed by atoms with van der Waals surface area (Å²) in [7, 11) is 0. The third kappa shape index (κ3) is 3.45. The van der Waals surface area contributed by atoms with Gasteiger partial charge in [0.15, 0.2) is 0 Å². The molecule has 4 nitrogen and oxygen atoms in total. The molecule has 1 aromatic carbocycles. The number of nitrogens with one attached hydrogen (secondary N) is 2. The van der Waals surface area contributed by atoms with Gasteiger partial charge in [0, 0.05) is 22.7 Å².